The van der Waals surface area contributed by atoms with Gasteiger partial charge in [0.05, 0.1) is 25.3 Å². The number of nitrogens with one attached hydrogen (secondary N) is 1. The lowest BCUT2D eigenvalue weighted by Gasteiger charge is -2.18. The highest BCUT2D eigenvalue weighted by Crippen LogP contribution is 2.22. The van der Waals surface area contributed by atoms with E-state index < -0.39 is 6.04 Å². The molecule has 0 aromatic heterocycles. The number of anilines is 1. The lowest BCUT2D eigenvalue weighted by atomic mass is 10.1. The Morgan fingerprint density at radius 1 is 1.29 bits per heavy atom. The van der Waals surface area contributed by atoms with E-state index >= 15 is 0 Å². The molecule has 2 aromatic rings. The first-order valence-electron chi connectivity index (χ1n) is 6.56. The van der Waals surface area contributed by atoms with Gasteiger partial charge in [0.25, 0.3) is 5.91 Å². The maximum Gasteiger partial charge on any atom is 0.255 e. The van der Waals surface area contributed by atoms with Gasteiger partial charge < -0.3 is 20.9 Å². The summed E-state index contributed by atoms with van der Waals surface area (Å²) < 4.78 is 5.16. The molecular weight excluding hydrogens is 268 g/mol. The monoisotopic (exact) mass is 286 g/mol. The van der Waals surface area contributed by atoms with E-state index in [9.17, 15) is 9.90 Å². The predicted molar refractivity (Wildman–Crippen MR) is 81.1 cm³/mol. The van der Waals surface area contributed by atoms with E-state index in [0.717, 1.165) is 5.56 Å². The highest BCUT2D eigenvalue weighted by Gasteiger charge is 2.18. The van der Waals surface area contributed by atoms with Gasteiger partial charge in [-0.25, -0.2) is 0 Å². The zero-order chi connectivity index (χ0) is 15.2. The molecule has 1 amide bonds. The molecular formula is C16H18N2O3. The Balaban J connectivity index is 2.22. The number of hydrogen-bond donors (Lipinski definition) is 3. The van der Waals surface area contributed by atoms with Crippen LogP contribution in [0.15, 0.2) is 48.5 Å². The molecule has 0 saturated heterocycles. The number of nitrogens with two attached hydrogens (primary N) is 1. The van der Waals surface area contributed by atoms with Gasteiger partial charge in [-0.05, 0) is 23.8 Å². The van der Waals surface area contributed by atoms with E-state index in [0.29, 0.717) is 17.0 Å². The van der Waals surface area contributed by atoms with Gasteiger partial charge in [-0.3, -0.25) is 4.79 Å². The third-order valence-corrected chi connectivity index (χ3v) is 3.16. The molecule has 5 nitrogen and oxygen atoms in total. The smallest absolute Gasteiger partial charge is 0.255 e. The van der Waals surface area contributed by atoms with Crippen LogP contribution in [0.2, 0.25) is 0 Å². The van der Waals surface area contributed by atoms with Crippen LogP contribution in [0, 0.1) is 0 Å². The maximum absolute atomic E-state index is 12.4. The van der Waals surface area contributed by atoms with Gasteiger partial charge in [-0.2, -0.15) is 0 Å². The van der Waals surface area contributed by atoms with Crippen molar-refractivity contribution in [3.05, 3.63) is 59.7 Å². The summed E-state index contributed by atoms with van der Waals surface area (Å²) in [5.41, 5.74) is 7.35. The Morgan fingerprint density at radius 2 is 2.00 bits per heavy atom. The molecule has 2 aromatic carbocycles. The SMILES string of the molecule is COc1ccc(N)cc1C(=O)NC(CO)c1ccccc1. The lowest BCUT2D eigenvalue weighted by Crippen LogP contribution is -2.31. The largest absolute Gasteiger partial charge is 0.496 e. The lowest BCUT2D eigenvalue weighted by molar-refractivity contribution is 0.0913. The van der Waals surface area contributed by atoms with Crippen molar-refractivity contribution in [2.24, 2.45) is 0 Å². The zero-order valence-corrected chi connectivity index (χ0v) is 11.7. The fraction of sp³-hybridized carbons (Fsp3) is 0.188. The summed E-state index contributed by atoms with van der Waals surface area (Å²) in [4.78, 5) is 12.4. The number of rotatable bonds is 5. The van der Waals surface area contributed by atoms with Gasteiger partial charge >= 0.3 is 0 Å². The number of aliphatic hydroxyl groups excluding tert-OH is 1. The molecule has 0 bridgehead atoms. The molecule has 0 aliphatic heterocycles. The van der Waals surface area contributed by atoms with E-state index in [1.807, 2.05) is 30.3 Å². The summed E-state index contributed by atoms with van der Waals surface area (Å²) in [6.45, 7) is -0.194. The number of carbonyl (C=O) groups excluding carboxylic acids is 1. The number of methoxy groups -OCH3 is 1. The van der Waals surface area contributed by atoms with Crippen molar-refractivity contribution in [3.63, 3.8) is 0 Å². The number of carbonyl (C=O) groups is 1. The van der Waals surface area contributed by atoms with Crippen LogP contribution in [0.4, 0.5) is 5.69 Å². The number of hydrogen-bond acceptors (Lipinski definition) is 4. The average molecular weight is 286 g/mol. The highest BCUT2D eigenvalue weighted by atomic mass is 16.5. The third kappa shape index (κ3) is 3.52. The molecule has 0 aliphatic rings. The Kier molecular flexibility index (Phi) is 4.79. The molecule has 0 radical (unpaired) electrons. The van der Waals surface area contributed by atoms with E-state index in [1.165, 1.54) is 7.11 Å². The van der Waals surface area contributed by atoms with E-state index in [2.05, 4.69) is 5.32 Å². The molecule has 0 heterocycles. The maximum atomic E-state index is 12.4. The Hall–Kier alpha value is -2.53. The van der Waals surface area contributed by atoms with Crippen LogP contribution in [0.5, 0.6) is 5.75 Å². The number of amides is 1. The zero-order valence-electron chi connectivity index (χ0n) is 11.7. The van der Waals surface area contributed by atoms with Crippen molar-refractivity contribution < 1.29 is 14.6 Å². The molecule has 4 N–H and O–H groups in total. The standard InChI is InChI=1S/C16H18N2O3/c1-21-15-8-7-12(17)9-13(15)16(20)18-14(10-19)11-5-3-2-4-6-11/h2-9,14,19H,10,17H2,1H3,(H,18,20). The molecule has 0 fully saturated rings. The Labute approximate surface area is 123 Å². The topological polar surface area (TPSA) is 84.6 Å². The second kappa shape index (κ2) is 6.76. The molecule has 1 atom stereocenters. The summed E-state index contributed by atoms with van der Waals surface area (Å²) >= 11 is 0. The minimum absolute atomic E-state index is 0.194. The quantitative estimate of drug-likeness (QED) is 0.731. The number of aliphatic hydroxyl groups is 1. The average Bonchev–Trinajstić information content (AvgIpc) is 2.53. The highest BCUT2D eigenvalue weighted by molar-refractivity contribution is 5.98. The van der Waals surface area contributed by atoms with Gasteiger partial charge in [0.2, 0.25) is 0 Å². The first kappa shape index (κ1) is 14.9. The second-order valence-electron chi connectivity index (χ2n) is 4.58. The summed E-state index contributed by atoms with van der Waals surface area (Å²) in [5.74, 6) is 0.0912. The molecule has 0 spiro atoms. The fourth-order valence-corrected chi connectivity index (χ4v) is 2.06. The van der Waals surface area contributed by atoms with Crippen LogP contribution < -0.4 is 15.8 Å². The van der Waals surface area contributed by atoms with Gasteiger partial charge in [0.1, 0.15) is 5.75 Å². The summed E-state index contributed by atoms with van der Waals surface area (Å²) in [6, 6.07) is 13.6. The first-order valence-corrected chi connectivity index (χ1v) is 6.56. The second-order valence-corrected chi connectivity index (χ2v) is 4.58. The molecule has 1 unspecified atom stereocenters. The van der Waals surface area contributed by atoms with Crippen LogP contribution in [0.3, 0.4) is 0 Å². The first-order chi connectivity index (χ1) is 10.2. The third-order valence-electron chi connectivity index (χ3n) is 3.16. The summed E-state index contributed by atoms with van der Waals surface area (Å²) in [6.07, 6.45) is 0. The van der Waals surface area contributed by atoms with Crippen LogP contribution in [0.25, 0.3) is 0 Å². The van der Waals surface area contributed by atoms with Crippen molar-refractivity contribution in [2.45, 2.75) is 6.04 Å². The number of nitrogen functional groups attached to an aromatic ring is 1. The molecule has 2 rings (SSSR count). The van der Waals surface area contributed by atoms with Crippen molar-refractivity contribution >= 4 is 11.6 Å². The van der Waals surface area contributed by atoms with E-state index in [-0.39, 0.29) is 12.5 Å². The summed E-state index contributed by atoms with van der Waals surface area (Å²) in [5, 5.41) is 12.3. The number of benzene rings is 2. The van der Waals surface area contributed by atoms with Gasteiger partial charge in [-0.15, -0.1) is 0 Å². The van der Waals surface area contributed by atoms with Crippen molar-refractivity contribution in [1.29, 1.82) is 0 Å². The Morgan fingerprint density at radius 3 is 2.62 bits per heavy atom. The molecule has 0 aliphatic carbocycles. The molecule has 5 heteroatoms. The molecule has 0 saturated carbocycles. The predicted octanol–water partition coefficient (Wildman–Crippen LogP) is 1.74. The van der Waals surface area contributed by atoms with Gasteiger partial charge in [-0.1, -0.05) is 30.3 Å². The Bertz CT molecular complexity index is 614. The van der Waals surface area contributed by atoms with Crippen LogP contribution in [-0.4, -0.2) is 24.7 Å². The molecule has 21 heavy (non-hydrogen) atoms. The van der Waals surface area contributed by atoms with Crippen LogP contribution >= 0.6 is 0 Å². The minimum atomic E-state index is -0.482. The van der Waals surface area contributed by atoms with Crippen molar-refractivity contribution in [1.82, 2.24) is 5.32 Å². The van der Waals surface area contributed by atoms with Crippen LogP contribution in [-0.2, 0) is 0 Å². The van der Waals surface area contributed by atoms with Gasteiger partial charge in [0, 0.05) is 5.69 Å². The fourth-order valence-electron chi connectivity index (χ4n) is 2.06. The van der Waals surface area contributed by atoms with E-state index in [4.69, 9.17) is 10.5 Å². The summed E-state index contributed by atoms with van der Waals surface area (Å²) in [7, 11) is 1.49. The van der Waals surface area contributed by atoms with Crippen LogP contribution in [0.1, 0.15) is 22.0 Å². The van der Waals surface area contributed by atoms with Crippen molar-refractivity contribution in [2.75, 3.05) is 19.5 Å². The van der Waals surface area contributed by atoms with Crippen molar-refractivity contribution in [3.8, 4) is 5.75 Å². The van der Waals surface area contributed by atoms with E-state index in [1.54, 1.807) is 18.2 Å². The van der Waals surface area contributed by atoms with Gasteiger partial charge in [0.15, 0.2) is 0 Å². The normalized spacial score (nSPS) is 11.7. The number of ether oxygens (including phenoxy) is 1. The molecule has 110 valence electrons. The minimum Gasteiger partial charge on any atom is -0.496 e.